The minimum atomic E-state index is -0.0484. The molecule has 2 aromatic heterocycles. The van der Waals surface area contributed by atoms with Crippen LogP contribution in [0.15, 0.2) is 24.4 Å². The number of nitrogens with zero attached hydrogens (tertiary/aromatic N) is 3. The molecule has 1 atom stereocenters. The first kappa shape index (κ1) is 12.8. The van der Waals surface area contributed by atoms with Crippen LogP contribution in [-0.2, 0) is 12.8 Å². The van der Waals surface area contributed by atoms with Crippen LogP contribution >= 0.6 is 0 Å². The molecule has 0 radical (unpaired) electrons. The number of hydrogen-bond donors (Lipinski definition) is 1. The summed E-state index contributed by atoms with van der Waals surface area (Å²) in [6, 6.07) is 6.02. The highest BCUT2D eigenvalue weighted by molar-refractivity contribution is 5.37. The maximum atomic E-state index is 6.00. The number of hydrogen-bond acceptors (Lipinski definition) is 3. The molecule has 0 bridgehead atoms. The van der Waals surface area contributed by atoms with E-state index >= 15 is 0 Å². The van der Waals surface area contributed by atoms with E-state index in [1.807, 2.05) is 23.7 Å². The summed E-state index contributed by atoms with van der Waals surface area (Å²) in [7, 11) is 0. The standard InChI is InChI=1S/C14H20N4/c1-4-11-9-12(5-2)18(17-11)14-13(10(3)15)7-6-8-16-14/h6-10H,4-5,15H2,1-3H3. The van der Waals surface area contributed by atoms with Gasteiger partial charge in [-0.1, -0.05) is 19.9 Å². The van der Waals surface area contributed by atoms with Gasteiger partial charge in [-0.15, -0.1) is 0 Å². The highest BCUT2D eigenvalue weighted by atomic mass is 15.3. The fourth-order valence-corrected chi connectivity index (χ4v) is 2.02. The lowest BCUT2D eigenvalue weighted by atomic mass is 10.1. The zero-order chi connectivity index (χ0) is 13.1. The Morgan fingerprint density at radius 2 is 2.11 bits per heavy atom. The third-order valence-electron chi connectivity index (χ3n) is 3.07. The highest BCUT2D eigenvalue weighted by Gasteiger charge is 2.14. The van der Waals surface area contributed by atoms with Gasteiger partial charge in [-0.05, 0) is 31.9 Å². The first-order valence-electron chi connectivity index (χ1n) is 6.46. The largest absolute Gasteiger partial charge is 0.324 e. The number of aryl methyl sites for hydroxylation is 2. The summed E-state index contributed by atoms with van der Waals surface area (Å²) >= 11 is 0. The van der Waals surface area contributed by atoms with Crippen molar-refractivity contribution in [1.29, 1.82) is 0 Å². The molecule has 0 saturated heterocycles. The first-order valence-corrected chi connectivity index (χ1v) is 6.46. The molecular weight excluding hydrogens is 224 g/mol. The molecule has 2 heterocycles. The molecule has 2 N–H and O–H groups in total. The van der Waals surface area contributed by atoms with Crippen LogP contribution in [0.2, 0.25) is 0 Å². The van der Waals surface area contributed by atoms with E-state index in [1.54, 1.807) is 6.20 Å². The van der Waals surface area contributed by atoms with Crippen molar-refractivity contribution < 1.29 is 0 Å². The molecule has 1 unspecified atom stereocenters. The van der Waals surface area contributed by atoms with Gasteiger partial charge in [0.25, 0.3) is 0 Å². The molecule has 0 amide bonds. The van der Waals surface area contributed by atoms with Crippen molar-refractivity contribution in [2.75, 3.05) is 0 Å². The topological polar surface area (TPSA) is 56.7 Å². The van der Waals surface area contributed by atoms with Crippen LogP contribution in [0.5, 0.6) is 0 Å². The van der Waals surface area contributed by atoms with Gasteiger partial charge < -0.3 is 5.73 Å². The van der Waals surface area contributed by atoms with Gasteiger partial charge in [-0.3, -0.25) is 0 Å². The van der Waals surface area contributed by atoms with Crippen LogP contribution < -0.4 is 5.73 Å². The molecule has 4 heteroatoms. The van der Waals surface area contributed by atoms with Gasteiger partial charge in [0.05, 0.1) is 5.69 Å². The Labute approximate surface area is 108 Å². The normalized spacial score (nSPS) is 12.7. The van der Waals surface area contributed by atoms with Gasteiger partial charge in [0.15, 0.2) is 5.82 Å². The maximum absolute atomic E-state index is 6.00. The quantitative estimate of drug-likeness (QED) is 0.898. The van der Waals surface area contributed by atoms with Crippen molar-refractivity contribution in [3.8, 4) is 5.82 Å². The third kappa shape index (κ3) is 2.29. The summed E-state index contributed by atoms with van der Waals surface area (Å²) in [5, 5.41) is 4.61. The van der Waals surface area contributed by atoms with E-state index in [4.69, 9.17) is 5.73 Å². The van der Waals surface area contributed by atoms with Gasteiger partial charge in [0, 0.05) is 23.5 Å². The predicted molar refractivity (Wildman–Crippen MR) is 72.7 cm³/mol. The van der Waals surface area contributed by atoms with Crippen molar-refractivity contribution in [2.45, 2.75) is 39.7 Å². The summed E-state index contributed by atoms with van der Waals surface area (Å²) in [5.74, 6) is 0.851. The SMILES string of the molecule is CCc1cc(CC)n(-c2ncccc2C(C)N)n1. The molecule has 96 valence electrons. The summed E-state index contributed by atoms with van der Waals surface area (Å²) < 4.78 is 1.93. The molecule has 0 aliphatic carbocycles. The Morgan fingerprint density at radius 1 is 1.33 bits per heavy atom. The molecule has 4 nitrogen and oxygen atoms in total. The lowest BCUT2D eigenvalue weighted by Gasteiger charge is -2.13. The van der Waals surface area contributed by atoms with Crippen molar-refractivity contribution in [1.82, 2.24) is 14.8 Å². The zero-order valence-corrected chi connectivity index (χ0v) is 11.2. The fraction of sp³-hybridized carbons (Fsp3) is 0.429. The van der Waals surface area contributed by atoms with Crippen molar-refractivity contribution >= 4 is 0 Å². The van der Waals surface area contributed by atoms with Gasteiger partial charge in [0.1, 0.15) is 0 Å². The molecule has 0 aliphatic rings. The predicted octanol–water partition coefficient (Wildman–Crippen LogP) is 2.41. The summed E-state index contributed by atoms with van der Waals surface area (Å²) in [6.45, 7) is 6.20. The Balaban J connectivity index is 2.57. The van der Waals surface area contributed by atoms with Gasteiger partial charge in [-0.25, -0.2) is 9.67 Å². The zero-order valence-electron chi connectivity index (χ0n) is 11.2. The van der Waals surface area contributed by atoms with Crippen molar-refractivity contribution in [2.24, 2.45) is 5.73 Å². The van der Waals surface area contributed by atoms with Crippen LogP contribution in [0, 0.1) is 0 Å². The first-order chi connectivity index (χ1) is 8.67. The lowest BCUT2D eigenvalue weighted by Crippen LogP contribution is -2.13. The van der Waals surface area contributed by atoms with Gasteiger partial charge >= 0.3 is 0 Å². The average molecular weight is 244 g/mol. The highest BCUT2D eigenvalue weighted by Crippen LogP contribution is 2.19. The van der Waals surface area contributed by atoms with E-state index in [-0.39, 0.29) is 6.04 Å². The van der Waals surface area contributed by atoms with Crippen molar-refractivity contribution in [3.63, 3.8) is 0 Å². The maximum Gasteiger partial charge on any atom is 0.158 e. The number of pyridine rings is 1. The van der Waals surface area contributed by atoms with E-state index in [0.717, 1.165) is 29.9 Å². The fourth-order valence-electron chi connectivity index (χ4n) is 2.02. The Morgan fingerprint density at radius 3 is 2.72 bits per heavy atom. The number of rotatable bonds is 4. The van der Waals surface area contributed by atoms with Crippen molar-refractivity contribution in [3.05, 3.63) is 41.3 Å². The van der Waals surface area contributed by atoms with E-state index in [9.17, 15) is 0 Å². The molecule has 0 fully saturated rings. The van der Waals surface area contributed by atoms with Gasteiger partial charge in [-0.2, -0.15) is 5.10 Å². The molecule has 2 aromatic rings. The summed E-state index contributed by atoms with van der Waals surface area (Å²) in [5.41, 5.74) is 9.29. The molecule has 2 rings (SSSR count). The van der Waals surface area contributed by atoms with E-state index in [0.29, 0.717) is 0 Å². The Bertz CT molecular complexity index is 528. The van der Waals surface area contributed by atoms with E-state index in [1.165, 1.54) is 5.69 Å². The monoisotopic (exact) mass is 244 g/mol. The molecule has 18 heavy (non-hydrogen) atoms. The second kappa shape index (κ2) is 5.31. The van der Waals surface area contributed by atoms with Crippen LogP contribution in [0.25, 0.3) is 5.82 Å². The minimum Gasteiger partial charge on any atom is -0.324 e. The molecule has 0 saturated carbocycles. The third-order valence-corrected chi connectivity index (χ3v) is 3.07. The second-order valence-corrected chi connectivity index (χ2v) is 4.45. The lowest BCUT2D eigenvalue weighted by molar-refractivity contribution is 0.729. The van der Waals surface area contributed by atoms with Crippen LogP contribution in [0.4, 0.5) is 0 Å². The summed E-state index contributed by atoms with van der Waals surface area (Å²) in [6.07, 6.45) is 3.65. The smallest absolute Gasteiger partial charge is 0.158 e. The second-order valence-electron chi connectivity index (χ2n) is 4.45. The minimum absolute atomic E-state index is 0.0484. The van der Waals surface area contributed by atoms with Crippen LogP contribution in [0.1, 0.15) is 43.8 Å². The van der Waals surface area contributed by atoms with Gasteiger partial charge in [0.2, 0.25) is 0 Å². The van der Waals surface area contributed by atoms with E-state index in [2.05, 4.69) is 30.0 Å². The molecular formula is C14H20N4. The average Bonchev–Trinajstić information content (AvgIpc) is 2.81. The molecule has 0 aromatic carbocycles. The molecule has 0 spiro atoms. The van der Waals surface area contributed by atoms with Crippen LogP contribution in [0.3, 0.4) is 0 Å². The number of aromatic nitrogens is 3. The molecule has 0 aliphatic heterocycles. The summed E-state index contributed by atoms with van der Waals surface area (Å²) in [4.78, 5) is 4.45. The van der Waals surface area contributed by atoms with E-state index < -0.39 is 0 Å². The number of nitrogens with two attached hydrogens (primary N) is 1. The Kier molecular flexibility index (Phi) is 3.77. The van der Waals surface area contributed by atoms with Crippen LogP contribution in [-0.4, -0.2) is 14.8 Å². The Hall–Kier alpha value is -1.68.